The molecule has 3 aromatic carbocycles. The van der Waals surface area contributed by atoms with E-state index in [2.05, 4.69) is 10.3 Å². The molecule has 0 bridgehead atoms. The van der Waals surface area contributed by atoms with Gasteiger partial charge in [0.1, 0.15) is 0 Å². The van der Waals surface area contributed by atoms with Crippen LogP contribution in [0.2, 0.25) is 0 Å². The van der Waals surface area contributed by atoms with E-state index in [-0.39, 0.29) is 33.9 Å². The van der Waals surface area contributed by atoms with Gasteiger partial charge in [-0.15, -0.1) is 0 Å². The fraction of sp³-hybridized carbons (Fsp3) is 0.160. The normalized spacial score (nSPS) is 16.4. The summed E-state index contributed by atoms with van der Waals surface area (Å²) in [5.41, 5.74) is -0.143. The van der Waals surface area contributed by atoms with Crippen LogP contribution in [0.3, 0.4) is 0 Å². The van der Waals surface area contributed by atoms with Crippen molar-refractivity contribution in [2.45, 2.75) is 17.4 Å². The van der Waals surface area contributed by atoms with Gasteiger partial charge in [0.2, 0.25) is 10.0 Å². The predicted molar refractivity (Wildman–Crippen MR) is 131 cm³/mol. The number of carbonyl (C=O) groups is 1. The van der Waals surface area contributed by atoms with Crippen LogP contribution in [0.15, 0.2) is 93.3 Å². The smallest absolute Gasteiger partial charge is 0.333 e. The van der Waals surface area contributed by atoms with Gasteiger partial charge >= 0.3 is 5.69 Å². The second kappa shape index (κ2) is 8.97. The maximum absolute atomic E-state index is 12.9. The molecule has 0 saturated carbocycles. The predicted octanol–water partition coefficient (Wildman–Crippen LogP) is 1.87. The molecule has 0 aliphatic carbocycles. The summed E-state index contributed by atoms with van der Waals surface area (Å²) in [6.45, 7) is 0.460. The molecular formula is C25H22N4O5S. The number of H-pyrrole nitrogens is 1. The molecule has 0 spiro atoms. The summed E-state index contributed by atoms with van der Waals surface area (Å²) >= 11 is 0. The Kier molecular flexibility index (Phi) is 5.83. The van der Waals surface area contributed by atoms with E-state index in [4.69, 9.17) is 0 Å². The van der Waals surface area contributed by atoms with Crippen molar-refractivity contribution >= 4 is 26.8 Å². The van der Waals surface area contributed by atoms with E-state index in [9.17, 15) is 22.8 Å². The van der Waals surface area contributed by atoms with Crippen LogP contribution in [0.1, 0.15) is 16.8 Å². The minimum absolute atomic E-state index is 0.162. The quantitative estimate of drug-likeness (QED) is 0.442. The number of aromatic nitrogens is 2. The van der Waals surface area contributed by atoms with Gasteiger partial charge < -0.3 is 10.3 Å². The Balaban J connectivity index is 1.35. The molecule has 1 aliphatic heterocycles. The lowest BCUT2D eigenvalue weighted by Gasteiger charge is -2.17. The highest BCUT2D eigenvalue weighted by Gasteiger charge is 2.33. The van der Waals surface area contributed by atoms with Crippen molar-refractivity contribution in [1.29, 1.82) is 0 Å². The standard InChI is InChI=1S/C25H22N4O5S/c30-23(26-18-13-14-28(16-18)35(33,34)20-9-5-2-6-10-20)17-11-12-21-22(15-17)27-25(32)29(24(21)31)19-7-3-1-4-8-19/h1-12,15,18H,13-14,16H2,(H,26,30)(H,27,32)/t18-/m0/s1. The van der Waals surface area contributed by atoms with Gasteiger partial charge in [-0.3, -0.25) is 9.59 Å². The molecule has 4 aromatic rings. The van der Waals surface area contributed by atoms with Crippen molar-refractivity contribution in [2.75, 3.05) is 13.1 Å². The molecule has 0 radical (unpaired) electrons. The van der Waals surface area contributed by atoms with Crippen molar-refractivity contribution in [3.05, 3.63) is 105 Å². The molecule has 2 N–H and O–H groups in total. The number of amides is 1. The monoisotopic (exact) mass is 490 g/mol. The van der Waals surface area contributed by atoms with Gasteiger partial charge in [-0.1, -0.05) is 36.4 Å². The van der Waals surface area contributed by atoms with Crippen LogP contribution in [0.4, 0.5) is 0 Å². The fourth-order valence-corrected chi connectivity index (χ4v) is 5.77. The van der Waals surface area contributed by atoms with E-state index in [1.54, 1.807) is 60.7 Å². The lowest BCUT2D eigenvalue weighted by atomic mass is 10.1. The average molecular weight is 491 g/mol. The van der Waals surface area contributed by atoms with Crippen molar-refractivity contribution < 1.29 is 13.2 Å². The molecule has 1 atom stereocenters. The maximum Gasteiger partial charge on any atom is 0.333 e. The van der Waals surface area contributed by atoms with E-state index < -0.39 is 27.2 Å². The number of rotatable bonds is 5. The molecule has 0 unspecified atom stereocenters. The summed E-state index contributed by atoms with van der Waals surface area (Å²) in [5, 5.41) is 3.13. The van der Waals surface area contributed by atoms with Crippen LogP contribution in [0.25, 0.3) is 16.6 Å². The molecule has 10 heteroatoms. The topological polar surface area (TPSA) is 121 Å². The van der Waals surface area contributed by atoms with E-state index in [1.807, 2.05) is 0 Å². The van der Waals surface area contributed by atoms with Crippen molar-refractivity contribution in [1.82, 2.24) is 19.2 Å². The summed E-state index contributed by atoms with van der Waals surface area (Å²) < 4.78 is 28.1. The first-order valence-corrected chi connectivity index (χ1v) is 12.5. The molecule has 1 amide bonds. The zero-order valence-electron chi connectivity index (χ0n) is 18.5. The first-order valence-electron chi connectivity index (χ1n) is 11.1. The number of fused-ring (bicyclic) bond motifs is 1. The van der Waals surface area contributed by atoms with E-state index in [0.717, 1.165) is 4.57 Å². The van der Waals surface area contributed by atoms with Gasteiger partial charge in [-0.05, 0) is 48.9 Å². The first kappa shape index (κ1) is 22.8. The molecule has 35 heavy (non-hydrogen) atoms. The zero-order valence-corrected chi connectivity index (χ0v) is 19.4. The molecule has 9 nitrogen and oxygen atoms in total. The van der Waals surface area contributed by atoms with Gasteiger partial charge in [0.15, 0.2) is 0 Å². The van der Waals surface area contributed by atoms with Gasteiger partial charge in [-0.25, -0.2) is 17.8 Å². The largest absolute Gasteiger partial charge is 0.348 e. The van der Waals surface area contributed by atoms with Crippen LogP contribution < -0.4 is 16.6 Å². The second-order valence-corrected chi connectivity index (χ2v) is 10.2. The summed E-state index contributed by atoms with van der Waals surface area (Å²) in [6, 6.07) is 20.9. The number of nitrogens with zero attached hydrogens (tertiary/aromatic N) is 2. The number of nitrogens with one attached hydrogen (secondary N) is 2. The van der Waals surface area contributed by atoms with Crippen LogP contribution in [-0.2, 0) is 10.0 Å². The van der Waals surface area contributed by atoms with Gasteiger partial charge in [0.25, 0.3) is 11.5 Å². The third kappa shape index (κ3) is 4.29. The van der Waals surface area contributed by atoms with E-state index >= 15 is 0 Å². The molecule has 178 valence electrons. The number of benzene rings is 3. The Labute approximate surface area is 200 Å². The van der Waals surface area contributed by atoms with Crippen LogP contribution in [0, 0.1) is 0 Å². The number of hydrogen-bond donors (Lipinski definition) is 2. The maximum atomic E-state index is 12.9. The summed E-state index contributed by atoms with van der Waals surface area (Å²) in [7, 11) is -3.63. The summed E-state index contributed by atoms with van der Waals surface area (Å²) in [6.07, 6.45) is 0.476. The number of aromatic amines is 1. The number of sulfonamides is 1. The lowest BCUT2D eigenvalue weighted by Crippen LogP contribution is -2.38. The number of para-hydroxylation sites is 1. The molecule has 1 aliphatic rings. The third-order valence-corrected chi connectivity index (χ3v) is 7.92. The zero-order chi connectivity index (χ0) is 24.6. The molecule has 1 saturated heterocycles. The van der Waals surface area contributed by atoms with Gasteiger partial charge in [0, 0.05) is 24.7 Å². The molecular weight excluding hydrogens is 468 g/mol. The Morgan fingerprint density at radius 2 is 1.63 bits per heavy atom. The van der Waals surface area contributed by atoms with E-state index in [1.165, 1.54) is 22.5 Å². The minimum atomic E-state index is -3.63. The average Bonchev–Trinajstić information content (AvgIpc) is 3.34. The van der Waals surface area contributed by atoms with Crippen LogP contribution >= 0.6 is 0 Å². The Morgan fingerprint density at radius 3 is 2.34 bits per heavy atom. The molecule has 1 aromatic heterocycles. The molecule has 1 fully saturated rings. The summed E-state index contributed by atoms with van der Waals surface area (Å²) in [5.74, 6) is -0.413. The number of hydrogen-bond acceptors (Lipinski definition) is 5. The highest BCUT2D eigenvalue weighted by atomic mass is 32.2. The first-order chi connectivity index (χ1) is 16.8. The number of carbonyl (C=O) groups excluding carboxylic acids is 1. The highest BCUT2D eigenvalue weighted by Crippen LogP contribution is 2.21. The minimum Gasteiger partial charge on any atom is -0.348 e. The lowest BCUT2D eigenvalue weighted by molar-refractivity contribution is 0.0939. The second-order valence-electron chi connectivity index (χ2n) is 8.30. The molecule has 5 rings (SSSR count). The van der Waals surface area contributed by atoms with Crippen LogP contribution in [-0.4, -0.2) is 47.3 Å². The van der Waals surface area contributed by atoms with Crippen LogP contribution in [0.5, 0.6) is 0 Å². The SMILES string of the molecule is O=C(N[C@H]1CCN(S(=O)(=O)c2ccccc2)C1)c1ccc2c(=O)n(-c3ccccc3)c(=O)[nH]c2c1. The fourth-order valence-electron chi connectivity index (χ4n) is 4.25. The van der Waals surface area contributed by atoms with Gasteiger partial charge in [-0.2, -0.15) is 4.31 Å². The van der Waals surface area contributed by atoms with Gasteiger partial charge in [0.05, 0.1) is 21.5 Å². The van der Waals surface area contributed by atoms with Crippen molar-refractivity contribution in [2.24, 2.45) is 0 Å². The van der Waals surface area contributed by atoms with Crippen molar-refractivity contribution in [3.8, 4) is 5.69 Å². The Morgan fingerprint density at radius 1 is 0.943 bits per heavy atom. The Bertz CT molecular complexity index is 1630. The summed E-state index contributed by atoms with van der Waals surface area (Å²) in [4.78, 5) is 41.3. The van der Waals surface area contributed by atoms with Crippen molar-refractivity contribution in [3.63, 3.8) is 0 Å². The third-order valence-electron chi connectivity index (χ3n) is 6.04. The highest BCUT2D eigenvalue weighted by molar-refractivity contribution is 7.89. The van der Waals surface area contributed by atoms with E-state index in [0.29, 0.717) is 18.7 Å². The molecule has 2 heterocycles. The Hall–Kier alpha value is -4.02.